The fourth-order valence-corrected chi connectivity index (χ4v) is 5.83. The highest BCUT2D eigenvalue weighted by atomic mass is 16.7. The van der Waals surface area contributed by atoms with E-state index in [1.165, 1.54) is 36.1 Å². The molecule has 4 fully saturated rings. The Balaban J connectivity index is 1.16. The first-order chi connectivity index (χ1) is 15.5. The number of nitrogens with zero attached hydrogens (tertiary/aromatic N) is 4. The lowest BCUT2D eigenvalue weighted by molar-refractivity contribution is -0.193. The first-order valence-electron chi connectivity index (χ1n) is 12.0. The number of likely N-dealkylation sites (tertiary alicyclic amines) is 2. The van der Waals surface area contributed by atoms with Crippen LogP contribution in [0.3, 0.4) is 0 Å². The van der Waals surface area contributed by atoms with Crippen LogP contribution in [0.2, 0.25) is 0 Å². The molecular formula is C24H34N4O4. The molecule has 4 aliphatic rings. The predicted octanol–water partition coefficient (Wildman–Crippen LogP) is 2.34. The first kappa shape index (κ1) is 21.5. The number of hydrogen-bond acceptors (Lipinski definition) is 6. The van der Waals surface area contributed by atoms with Crippen molar-refractivity contribution in [2.24, 2.45) is 11.8 Å². The van der Waals surface area contributed by atoms with Crippen LogP contribution in [0.1, 0.15) is 43.2 Å². The summed E-state index contributed by atoms with van der Waals surface area (Å²) >= 11 is 0. The summed E-state index contributed by atoms with van der Waals surface area (Å²) in [6, 6.07) is 6.70. The average Bonchev–Trinajstić information content (AvgIpc) is 3.45. The molecule has 0 aliphatic carbocycles. The summed E-state index contributed by atoms with van der Waals surface area (Å²) in [4.78, 5) is 36.2. The number of hydrogen-bond donors (Lipinski definition) is 1. The highest BCUT2D eigenvalue weighted by molar-refractivity contribution is 5.79. The fraction of sp³-hybridized carbons (Fsp3) is 0.667. The SMILES string of the molecule is Cc1c(CN2CC3CN(C(=O)ON4C(=O)CCC4O)CC3C2)cccc1N1CCCCC1. The highest BCUT2D eigenvalue weighted by Gasteiger charge is 2.43. The van der Waals surface area contributed by atoms with Gasteiger partial charge in [-0.05, 0) is 55.2 Å². The molecule has 4 heterocycles. The predicted molar refractivity (Wildman–Crippen MR) is 120 cm³/mol. The number of hydroxylamine groups is 2. The molecule has 5 rings (SSSR count). The minimum absolute atomic E-state index is 0.215. The number of piperidine rings is 1. The molecule has 0 spiro atoms. The van der Waals surface area contributed by atoms with Gasteiger partial charge in [0.25, 0.3) is 5.91 Å². The van der Waals surface area contributed by atoms with Crippen molar-refractivity contribution in [3.63, 3.8) is 0 Å². The first-order valence-corrected chi connectivity index (χ1v) is 12.0. The van der Waals surface area contributed by atoms with Crippen molar-refractivity contribution in [2.45, 2.75) is 51.8 Å². The topological polar surface area (TPSA) is 76.6 Å². The molecule has 1 aromatic rings. The fourth-order valence-electron chi connectivity index (χ4n) is 5.83. The average molecular weight is 443 g/mol. The van der Waals surface area contributed by atoms with Crippen LogP contribution >= 0.6 is 0 Å². The summed E-state index contributed by atoms with van der Waals surface area (Å²) in [5, 5.41) is 10.6. The van der Waals surface area contributed by atoms with Crippen molar-refractivity contribution < 1.29 is 19.5 Å². The summed E-state index contributed by atoms with van der Waals surface area (Å²) in [5.74, 6) is 0.512. The van der Waals surface area contributed by atoms with Crippen LogP contribution in [0.25, 0.3) is 0 Å². The summed E-state index contributed by atoms with van der Waals surface area (Å²) in [7, 11) is 0. The van der Waals surface area contributed by atoms with Crippen LogP contribution in [-0.4, -0.2) is 77.5 Å². The van der Waals surface area contributed by atoms with E-state index in [1.54, 1.807) is 4.90 Å². The Kier molecular flexibility index (Phi) is 5.99. The molecule has 1 N–H and O–H groups in total. The summed E-state index contributed by atoms with van der Waals surface area (Å²) < 4.78 is 0. The molecule has 0 saturated carbocycles. The molecule has 2 amide bonds. The minimum Gasteiger partial charge on any atom is -0.371 e. The quantitative estimate of drug-likeness (QED) is 0.772. The van der Waals surface area contributed by atoms with Crippen LogP contribution in [0.5, 0.6) is 0 Å². The maximum Gasteiger partial charge on any atom is 0.434 e. The van der Waals surface area contributed by atoms with Gasteiger partial charge in [-0.2, -0.15) is 0 Å². The zero-order valence-corrected chi connectivity index (χ0v) is 18.9. The number of fused-ring (bicyclic) bond motifs is 1. The molecular weight excluding hydrogens is 408 g/mol. The van der Waals surface area contributed by atoms with Gasteiger partial charge in [-0.1, -0.05) is 12.1 Å². The van der Waals surface area contributed by atoms with E-state index < -0.39 is 12.3 Å². The van der Waals surface area contributed by atoms with Gasteiger partial charge in [-0.25, -0.2) is 4.79 Å². The monoisotopic (exact) mass is 442 g/mol. The Labute approximate surface area is 189 Å². The molecule has 1 aromatic carbocycles. The minimum atomic E-state index is -1.02. The number of benzene rings is 1. The van der Waals surface area contributed by atoms with E-state index in [0.717, 1.165) is 37.8 Å². The van der Waals surface area contributed by atoms with E-state index in [0.29, 0.717) is 31.3 Å². The van der Waals surface area contributed by atoms with Gasteiger partial charge in [0.1, 0.15) is 0 Å². The molecule has 4 aliphatic heterocycles. The van der Waals surface area contributed by atoms with E-state index in [4.69, 9.17) is 4.84 Å². The highest BCUT2D eigenvalue weighted by Crippen LogP contribution is 2.34. The van der Waals surface area contributed by atoms with E-state index in [2.05, 4.69) is 34.9 Å². The summed E-state index contributed by atoms with van der Waals surface area (Å²) in [6.45, 7) is 8.73. The second kappa shape index (κ2) is 8.90. The van der Waals surface area contributed by atoms with Gasteiger partial charge in [-0.3, -0.25) is 9.69 Å². The molecule has 32 heavy (non-hydrogen) atoms. The van der Waals surface area contributed by atoms with Crippen LogP contribution in [-0.2, 0) is 16.2 Å². The Morgan fingerprint density at radius 3 is 2.47 bits per heavy atom. The lowest BCUT2D eigenvalue weighted by atomic mass is 10.0. The van der Waals surface area contributed by atoms with Gasteiger partial charge in [0.05, 0.1) is 0 Å². The lowest BCUT2D eigenvalue weighted by Crippen LogP contribution is -2.41. The molecule has 0 radical (unpaired) electrons. The van der Waals surface area contributed by atoms with Crippen molar-refractivity contribution in [2.75, 3.05) is 44.2 Å². The van der Waals surface area contributed by atoms with Gasteiger partial charge in [0.15, 0.2) is 6.23 Å². The van der Waals surface area contributed by atoms with Crippen molar-refractivity contribution in [1.29, 1.82) is 0 Å². The number of aliphatic hydroxyl groups is 1. The summed E-state index contributed by atoms with van der Waals surface area (Å²) in [6.07, 6.45) is 2.88. The van der Waals surface area contributed by atoms with Gasteiger partial charge in [-0.15, -0.1) is 5.06 Å². The number of carbonyl (C=O) groups is 2. The molecule has 8 nitrogen and oxygen atoms in total. The molecule has 3 unspecified atom stereocenters. The van der Waals surface area contributed by atoms with E-state index >= 15 is 0 Å². The third kappa shape index (κ3) is 4.18. The normalized spacial score (nSPS) is 28.5. The van der Waals surface area contributed by atoms with Gasteiger partial charge in [0, 0.05) is 64.3 Å². The van der Waals surface area contributed by atoms with Crippen molar-refractivity contribution in [3.8, 4) is 0 Å². The molecule has 174 valence electrons. The Bertz CT molecular complexity index is 858. The van der Waals surface area contributed by atoms with Crippen molar-refractivity contribution >= 4 is 17.7 Å². The third-order valence-corrected chi connectivity index (χ3v) is 7.64. The lowest BCUT2D eigenvalue weighted by Gasteiger charge is -2.31. The Morgan fingerprint density at radius 2 is 1.81 bits per heavy atom. The van der Waals surface area contributed by atoms with Crippen LogP contribution in [0.15, 0.2) is 18.2 Å². The number of aliphatic hydroxyl groups excluding tert-OH is 1. The number of anilines is 1. The third-order valence-electron chi connectivity index (χ3n) is 7.64. The smallest absolute Gasteiger partial charge is 0.371 e. The Morgan fingerprint density at radius 1 is 1.09 bits per heavy atom. The van der Waals surface area contributed by atoms with E-state index in [1.807, 2.05) is 0 Å². The second-order valence-corrected chi connectivity index (χ2v) is 9.82. The van der Waals surface area contributed by atoms with Gasteiger partial charge < -0.3 is 19.7 Å². The van der Waals surface area contributed by atoms with Crippen LogP contribution in [0, 0.1) is 18.8 Å². The number of carbonyl (C=O) groups excluding carboxylic acids is 2. The van der Waals surface area contributed by atoms with Crippen LogP contribution < -0.4 is 4.90 Å². The largest absolute Gasteiger partial charge is 0.434 e. The maximum atomic E-state index is 12.5. The number of rotatable bonds is 4. The van der Waals surface area contributed by atoms with Gasteiger partial charge >= 0.3 is 6.09 Å². The molecule has 0 aromatic heterocycles. The molecule has 4 saturated heterocycles. The maximum absolute atomic E-state index is 12.5. The Hall–Kier alpha value is -2.32. The zero-order chi connectivity index (χ0) is 22.2. The van der Waals surface area contributed by atoms with Crippen molar-refractivity contribution in [3.05, 3.63) is 29.3 Å². The molecule has 8 heteroatoms. The van der Waals surface area contributed by atoms with Gasteiger partial charge in [0.2, 0.25) is 0 Å². The molecule has 3 atom stereocenters. The van der Waals surface area contributed by atoms with E-state index in [-0.39, 0.29) is 12.3 Å². The van der Waals surface area contributed by atoms with E-state index in [9.17, 15) is 14.7 Å². The van der Waals surface area contributed by atoms with Crippen LogP contribution in [0.4, 0.5) is 10.5 Å². The standard InChI is InChI=1S/C24H34N4O4/c1-17-18(6-5-7-21(17)26-10-3-2-4-11-26)12-25-13-19-15-27(16-20(19)14-25)24(31)32-28-22(29)8-9-23(28)30/h5-7,19-20,22,29H,2-4,8-16H2,1H3. The molecule has 0 bridgehead atoms. The van der Waals surface area contributed by atoms with Crippen molar-refractivity contribution in [1.82, 2.24) is 14.9 Å². The zero-order valence-electron chi connectivity index (χ0n) is 18.9. The second-order valence-electron chi connectivity index (χ2n) is 9.82. The summed E-state index contributed by atoms with van der Waals surface area (Å²) in [5.41, 5.74) is 4.17. The number of amides is 2.